The molecule has 4 nitrogen and oxygen atoms in total. The predicted octanol–water partition coefficient (Wildman–Crippen LogP) is 9.89. The van der Waals surface area contributed by atoms with Gasteiger partial charge in [0.2, 0.25) is 0 Å². The van der Waals surface area contributed by atoms with Crippen molar-refractivity contribution >= 4 is 0 Å². The molecular formula is C40H55N4V-3. The van der Waals surface area contributed by atoms with Crippen molar-refractivity contribution in [3.63, 3.8) is 0 Å². The number of aryl methyl sites for hydroxylation is 1. The van der Waals surface area contributed by atoms with Crippen molar-refractivity contribution < 1.29 is 18.6 Å². The van der Waals surface area contributed by atoms with Crippen molar-refractivity contribution in [1.82, 2.24) is 19.9 Å². The number of aromatic nitrogens is 4. The Morgan fingerprint density at radius 3 is 1.29 bits per heavy atom. The zero-order valence-corrected chi connectivity index (χ0v) is 31.0. The second-order valence-corrected chi connectivity index (χ2v) is 12.9. The molecule has 1 radical (unpaired) electrons. The monoisotopic (exact) mass is 642 g/mol. The van der Waals surface area contributed by atoms with Gasteiger partial charge in [-0.1, -0.05) is 91.8 Å². The second kappa shape index (κ2) is 14.1. The minimum atomic E-state index is -0.287. The van der Waals surface area contributed by atoms with Gasteiger partial charge in [0, 0.05) is 35.1 Å². The molecule has 5 rings (SSSR count). The molecule has 0 amide bonds. The van der Waals surface area contributed by atoms with Crippen molar-refractivity contribution in [2.75, 3.05) is 0 Å². The molecule has 4 aromatic heterocycles. The first-order valence-corrected chi connectivity index (χ1v) is 17.0. The van der Waals surface area contributed by atoms with E-state index < -0.39 is 0 Å². The van der Waals surface area contributed by atoms with Gasteiger partial charge in [-0.3, -0.25) is 9.97 Å². The van der Waals surface area contributed by atoms with E-state index in [2.05, 4.69) is 117 Å². The van der Waals surface area contributed by atoms with E-state index in [1.165, 1.54) is 5.56 Å². The number of nitrogens with zero attached hydrogens (tertiary/aromatic N) is 4. The number of hydrogen-bond donors (Lipinski definition) is 0. The van der Waals surface area contributed by atoms with Gasteiger partial charge in [-0.15, -0.1) is 11.4 Å². The molecule has 1 aliphatic rings. The van der Waals surface area contributed by atoms with E-state index in [9.17, 15) is 0 Å². The van der Waals surface area contributed by atoms with Crippen LogP contribution in [-0.2, 0) is 40.2 Å². The van der Waals surface area contributed by atoms with Crippen molar-refractivity contribution in [3.8, 4) is 0 Å². The van der Waals surface area contributed by atoms with E-state index in [4.69, 9.17) is 19.9 Å². The van der Waals surface area contributed by atoms with Gasteiger partial charge in [-0.2, -0.15) is 11.4 Å². The van der Waals surface area contributed by atoms with Crippen LogP contribution in [-0.4, -0.2) is 9.97 Å². The van der Waals surface area contributed by atoms with Crippen molar-refractivity contribution in [3.05, 3.63) is 113 Å². The van der Waals surface area contributed by atoms with Crippen LogP contribution in [0.15, 0.2) is 54.6 Å². The number of fused-ring (bicyclic) bond motifs is 8. The predicted molar refractivity (Wildman–Crippen MR) is 185 cm³/mol. The summed E-state index contributed by atoms with van der Waals surface area (Å²) >= 11 is 0. The Kier molecular flexibility index (Phi) is 11.5. The quantitative estimate of drug-likeness (QED) is 0.180. The molecule has 1 aliphatic heterocycles. The summed E-state index contributed by atoms with van der Waals surface area (Å²) in [5, 5.41) is 0. The number of pyridine rings is 2. The molecule has 8 bridgehead atoms. The van der Waals surface area contributed by atoms with Crippen molar-refractivity contribution in [1.29, 1.82) is 0 Å². The molecule has 243 valence electrons. The zero-order chi connectivity index (χ0) is 31.0. The van der Waals surface area contributed by atoms with Gasteiger partial charge >= 0.3 is 0 Å². The van der Waals surface area contributed by atoms with E-state index in [1.807, 2.05) is 0 Å². The summed E-state index contributed by atoms with van der Waals surface area (Å²) < 4.78 is 0. The molecule has 0 N–H and O–H groups in total. The van der Waals surface area contributed by atoms with Crippen LogP contribution in [0.1, 0.15) is 158 Å². The molecule has 0 aliphatic carbocycles. The molecule has 5 heterocycles. The summed E-state index contributed by atoms with van der Waals surface area (Å²) in [7, 11) is 0. The smallest absolute Gasteiger partial charge is 0.0542 e. The molecule has 5 heteroatoms. The molecule has 0 atom stereocenters. The molecule has 45 heavy (non-hydrogen) atoms. The Morgan fingerprint density at radius 1 is 0.467 bits per heavy atom. The maximum atomic E-state index is 5.65. The van der Waals surface area contributed by atoms with E-state index in [1.54, 1.807) is 0 Å². The molecule has 0 saturated carbocycles. The van der Waals surface area contributed by atoms with Crippen LogP contribution in [0.2, 0.25) is 0 Å². The normalized spacial score (nSPS) is 17.2. The Labute approximate surface area is 285 Å². The Bertz CT molecular complexity index is 1540. The topological polar surface area (TPSA) is 54.0 Å². The van der Waals surface area contributed by atoms with E-state index in [0.29, 0.717) is 0 Å². The fourth-order valence-corrected chi connectivity index (χ4v) is 8.42. The number of hydrogen-bond acceptors (Lipinski definition) is 2. The van der Waals surface area contributed by atoms with Gasteiger partial charge in [0.1, 0.15) is 0 Å². The van der Waals surface area contributed by atoms with Crippen LogP contribution < -0.4 is 9.97 Å². The summed E-state index contributed by atoms with van der Waals surface area (Å²) in [5.74, 6) is 0. The largest absolute Gasteiger partial charge is 0.663 e. The Hall–Kier alpha value is -2.56. The SMILES string of the molecule is CCC1(CC)c2cccc(n2)C(CC)(CC)c2ccc([n-]2)C(CC)(CC)c2ccc([n-]2)C(CC)(CC)c2nc1ccc2C.[CH3-].[V]. The minimum absolute atomic E-state index is 0. The maximum Gasteiger partial charge on any atom is 0.0542 e. The molecule has 0 saturated heterocycles. The fraction of sp³-hybridized carbons (Fsp3) is 0.525. The minimum Gasteiger partial charge on any atom is -0.663 e. The molecular weight excluding hydrogens is 587 g/mol. The van der Waals surface area contributed by atoms with Gasteiger partial charge in [0.05, 0.1) is 22.5 Å². The molecule has 0 spiro atoms. The van der Waals surface area contributed by atoms with Crippen molar-refractivity contribution in [2.24, 2.45) is 0 Å². The zero-order valence-electron chi connectivity index (χ0n) is 29.6. The first-order valence-electron chi connectivity index (χ1n) is 17.0. The van der Waals surface area contributed by atoms with Gasteiger partial charge in [-0.25, -0.2) is 0 Å². The van der Waals surface area contributed by atoms with Crippen LogP contribution in [0.4, 0.5) is 0 Å². The van der Waals surface area contributed by atoms with Gasteiger partial charge < -0.3 is 17.4 Å². The first kappa shape index (κ1) is 36.9. The summed E-state index contributed by atoms with van der Waals surface area (Å²) in [5.41, 5.74) is 9.24. The van der Waals surface area contributed by atoms with Crippen molar-refractivity contribution in [2.45, 2.75) is 135 Å². The summed E-state index contributed by atoms with van der Waals surface area (Å²) in [6.07, 6.45) is 7.51. The Morgan fingerprint density at radius 2 is 0.844 bits per heavy atom. The standard InChI is InChI=1S/C39H52N4.CH3.V/c1-10-36(11-2)28-19-18-20-29(40-28)37(12-3,13-4)33-22-21-27(9)35(43-33)39(16-7,17-8)34-26-25-32(42-34)38(14-5,15-6)31-24-23-30(36)41-31;;/h18-26H,10-17H2,1-9H3;1H3;/q-2;-1;. The molecule has 0 aromatic carbocycles. The maximum absolute atomic E-state index is 5.65. The average Bonchev–Trinajstić information content (AvgIpc) is 3.75. The summed E-state index contributed by atoms with van der Waals surface area (Å²) in [4.78, 5) is 22.3. The van der Waals surface area contributed by atoms with Crippen LogP contribution in [0.5, 0.6) is 0 Å². The molecule has 0 unspecified atom stereocenters. The third-order valence-corrected chi connectivity index (χ3v) is 11.8. The van der Waals surface area contributed by atoms with E-state index >= 15 is 0 Å². The molecule has 4 aromatic rings. The van der Waals surface area contributed by atoms with Gasteiger partial charge in [0.25, 0.3) is 0 Å². The van der Waals surface area contributed by atoms with Crippen LogP contribution in [0, 0.1) is 14.4 Å². The first-order chi connectivity index (χ1) is 20.7. The molecule has 0 fully saturated rings. The number of rotatable bonds is 8. The fourth-order valence-electron chi connectivity index (χ4n) is 8.42. The average molecular weight is 643 g/mol. The van der Waals surface area contributed by atoms with Crippen LogP contribution in [0.3, 0.4) is 0 Å². The van der Waals surface area contributed by atoms with E-state index in [0.717, 1.165) is 96.9 Å². The third-order valence-electron chi connectivity index (χ3n) is 11.8. The van der Waals surface area contributed by atoms with E-state index in [-0.39, 0.29) is 47.6 Å². The van der Waals surface area contributed by atoms with Crippen LogP contribution >= 0.6 is 0 Å². The summed E-state index contributed by atoms with van der Waals surface area (Å²) in [6, 6.07) is 20.4. The Balaban J connectivity index is 0.00000276. The third kappa shape index (κ3) is 5.29. The summed E-state index contributed by atoms with van der Waals surface area (Å²) in [6.45, 7) is 20.6. The van der Waals surface area contributed by atoms with Gasteiger partial charge in [-0.05, 0) is 87.5 Å². The van der Waals surface area contributed by atoms with Crippen LogP contribution in [0.25, 0.3) is 0 Å². The second-order valence-electron chi connectivity index (χ2n) is 12.9. The van der Waals surface area contributed by atoms with Gasteiger partial charge in [0.15, 0.2) is 0 Å².